The van der Waals surface area contributed by atoms with Gasteiger partial charge in [-0.05, 0) is 37.8 Å². The van der Waals surface area contributed by atoms with E-state index in [1.807, 2.05) is 4.90 Å². The average Bonchev–Trinajstić information content (AvgIpc) is 2.59. The van der Waals surface area contributed by atoms with E-state index in [9.17, 15) is 24.8 Å². The lowest BCUT2D eigenvalue weighted by atomic mass is 9.98. The number of benzene rings is 1. The topological polar surface area (TPSA) is 133 Å². The van der Waals surface area contributed by atoms with Gasteiger partial charge in [-0.1, -0.05) is 6.92 Å². The Balaban J connectivity index is 2.18. The summed E-state index contributed by atoms with van der Waals surface area (Å²) >= 11 is 0. The van der Waals surface area contributed by atoms with Crippen LogP contribution in [0.15, 0.2) is 18.2 Å². The molecule has 1 aliphatic rings. The van der Waals surface area contributed by atoms with Crippen LogP contribution in [0.3, 0.4) is 0 Å². The Hall–Kier alpha value is -2.68. The minimum atomic E-state index is -2.12. The van der Waals surface area contributed by atoms with Gasteiger partial charge >= 0.3 is 5.97 Å². The lowest BCUT2D eigenvalue weighted by molar-refractivity contribution is -0.384. The average molecular weight is 365 g/mol. The van der Waals surface area contributed by atoms with Crippen molar-refractivity contribution in [3.05, 3.63) is 33.9 Å². The summed E-state index contributed by atoms with van der Waals surface area (Å²) in [5.74, 6) is -1.58. The van der Waals surface area contributed by atoms with Gasteiger partial charge in [-0.25, -0.2) is 4.79 Å². The standard InChI is InChI=1S/C17H23N3O6/c1-11-5-7-19(8-6-11)13-4-3-12(9-14(13)20(25)26)15(21)18-10-17(2,24)16(22)23/h3-4,9,11,24H,5-8,10H2,1-2H3,(H,18,21)(H,22,23). The van der Waals surface area contributed by atoms with Crippen molar-refractivity contribution in [2.45, 2.75) is 32.3 Å². The molecule has 1 amide bonds. The molecule has 0 radical (unpaired) electrons. The Morgan fingerprint density at radius 1 is 1.38 bits per heavy atom. The fraction of sp³-hybridized carbons (Fsp3) is 0.529. The first-order chi connectivity index (χ1) is 12.1. The highest BCUT2D eigenvalue weighted by atomic mass is 16.6. The van der Waals surface area contributed by atoms with Crippen LogP contribution in [0.25, 0.3) is 0 Å². The van der Waals surface area contributed by atoms with Crippen LogP contribution < -0.4 is 10.2 Å². The Morgan fingerprint density at radius 2 is 2.00 bits per heavy atom. The number of carboxylic acids is 1. The maximum atomic E-state index is 12.2. The van der Waals surface area contributed by atoms with Crippen molar-refractivity contribution in [1.29, 1.82) is 0 Å². The Kier molecular flexibility index (Phi) is 5.81. The van der Waals surface area contributed by atoms with E-state index < -0.39 is 28.9 Å². The molecule has 1 aromatic rings. The first-order valence-corrected chi connectivity index (χ1v) is 8.39. The van der Waals surface area contributed by atoms with Crippen molar-refractivity contribution >= 4 is 23.3 Å². The zero-order chi connectivity index (χ0) is 19.5. The summed E-state index contributed by atoms with van der Waals surface area (Å²) < 4.78 is 0. The maximum Gasteiger partial charge on any atom is 0.337 e. The second-order valence-corrected chi connectivity index (χ2v) is 6.89. The monoisotopic (exact) mass is 365 g/mol. The molecule has 1 atom stereocenters. The molecule has 0 aliphatic carbocycles. The van der Waals surface area contributed by atoms with Crippen molar-refractivity contribution in [3.63, 3.8) is 0 Å². The second kappa shape index (κ2) is 7.69. The first-order valence-electron chi connectivity index (χ1n) is 8.39. The predicted octanol–water partition coefficient (Wildman–Crippen LogP) is 1.40. The van der Waals surface area contributed by atoms with E-state index in [1.54, 1.807) is 6.07 Å². The third-order valence-electron chi connectivity index (χ3n) is 4.61. The van der Waals surface area contributed by atoms with Crippen LogP contribution >= 0.6 is 0 Å². The number of anilines is 1. The second-order valence-electron chi connectivity index (χ2n) is 6.89. The Labute approximate surface area is 150 Å². The molecule has 1 unspecified atom stereocenters. The van der Waals surface area contributed by atoms with E-state index in [-0.39, 0.29) is 11.3 Å². The molecular formula is C17H23N3O6. The van der Waals surface area contributed by atoms with Gasteiger partial charge in [-0.2, -0.15) is 0 Å². The third-order valence-corrected chi connectivity index (χ3v) is 4.61. The largest absolute Gasteiger partial charge is 0.479 e. The summed E-state index contributed by atoms with van der Waals surface area (Å²) in [7, 11) is 0. The number of aliphatic carboxylic acids is 1. The number of piperidine rings is 1. The highest BCUT2D eigenvalue weighted by molar-refractivity contribution is 5.96. The van der Waals surface area contributed by atoms with Gasteiger partial charge in [0.05, 0.1) is 11.5 Å². The molecule has 0 spiro atoms. The Morgan fingerprint density at radius 3 is 2.54 bits per heavy atom. The van der Waals surface area contributed by atoms with E-state index in [2.05, 4.69) is 12.2 Å². The van der Waals surface area contributed by atoms with E-state index in [1.165, 1.54) is 12.1 Å². The fourth-order valence-corrected chi connectivity index (χ4v) is 2.76. The van der Waals surface area contributed by atoms with Crippen molar-refractivity contribution in [2.24, 2.45) is 5.92 Å². The third kappa shape index (κ3) is 4.48. The molecule has 1 aliphatic heterocycles. The fourth-order valence-electron chi connectivity index (χ4n) is 2.76. The molecule has 1 heterocycles. The van der Waals surface area contributed by atoms with Crippen molar-refractivity contribution in [3.8, 4) is 0 Å². The summed E-state index contributed by atoms with van der Waals surface area (Å²) in [6.07, 6.45) is 1.90. The van der Waals surface area contributed by atoms with Gasteiger partial charge in [0.25, 0.3) is 11.6 Å². The lowest BCUT2D eigenvalue weighted by Crippen LogP contribution is -2.46. The molecule has 2 rings (SSSR count). The smallest absolute Gasteiger partial charge is 0.337 e. The molecule has 9 nitrogen and oxygen atoms in total. The number of nitrogens with one attached hydrogen (secondary N) is 1. The van der Waals surface area contributed by atoms with Crippen LogP contribution in [0, 0.1) is 16.0 Å². The zero-order valence-electron chi connectivity index (χ0n) is 14.8. The summed E-state index contributed by atoms with van der Waals surface area (Å²) in [6.45, 7) is 4.12. The number of aliphatic hydroxyl groups is 1. The minimum Gasteiger partial charge on any atom is -0.479 e. The van der Waals surface area contributed by atoms with Crippen molar-refractivity contribution < 1.29 is 24.7 Å². The summed E-state index contributed by atoms with van der Waals surface area (Å²) in [4.78, 5) is 35.9. The number of carbonyl (C=O) groups is 2. The highest BCUT2D eigenvalue weighted by Crippen LogP contribution is 2.32. The van der Waals surface area contributed by atoms with Gasteiger partial charge in [-0.15, -0.1) is 0 Å². The zero-order valence-corrected chi connectivity index (χ0v) is 14.8. The number of hydrogen-bond donors (Lipinski definition) is 3. The molecule has 26 heavy (non-hydrogen) atoms. The quantitative estimate of drug-likeness (QED) is 0.512. The van der Waals surface area contributed by atoms with Crippen molar-refractivity contribution in [1.82, 2.24) is 5.32 Å². The number of rotatable bonds is 6. The van der Waals surface area contributed by atoms with Crippen molar-refractivity contribution in [2.75, 3.05) is 24.5 Å². The van der Waals surface area contributed by atoms with Gasteiger partial charge in [-0.3, -0.25) is 14.9 Å². The maximum absolute atomic E-state index is 12.2. The normalized spacial score (nSPS) is 17.4. The number of nitro groups is 1. The SMILES string of the molecule is CC1CCN(c2ccc(C(=O)NCC(C)(O)C(=O)O)cc2[N+](=O)[O-])CC1. The van der Waals surface area contributed by atoms with Gasteiger partial charge in [0, 0.05) is 24.7 Å². The lowest BCUT2D eigenvalue weighted by Gasteiger charge is -2.31. The molecule has 9 heteroatoms. The number of amides is 1. The number of hydrogen-bond acceptors (Lipinski definition) is 6. The van der Waals surface area contributed by atoms with E-state index in [4.69, 9.17) is 5.11 Å². The summed E-state index contributed by atoms with van der Waals surface area (Å²) in [6, 6.07) is 4.18. The van der Waals surface area contributed by atoms with Crippen LogP contribution in [0.1, 0.15) is 37.0 Å². The van der Waals surface area contributed by atoms with Gasteiger partial charge in [0.1, 0.15) is 5.69 Å². The molecule has 1 aromatic carbocycles. The van der Waals surface area contributed by atoms with Gasteiger partial charge < -0.3 is 20.4 Å². The van der Waals surface area contributed by atoms with E-state index in [0.717, 1.165) is 32.9 Å². The molecule has 3 N–H and O–H groups in total. The van der Waals surface area contributed by atoms with Gasteiger partial charge in [0.2, 0.25) is 0 Å². The van der Waals surface area contributed by atoms with Crippen LogP contribution in [0.4, 0.5) is 11.4 Å². The molecule has 1 fully saturated rings. The molecule has 0 aromatic heterocycles. The highest BCUT2D eigenvalue weighted by Gasteiger charge is 2.31. The number of nitrogens with zero attached hydrogens (tertiary/aromatic N) is 2. The summed E-state index contributed by atoms with van der Waals surface area (Å²) in [5, 5.41) is 32.2. The molecular weight excluding hydrogens is 342 g/mol. The molecule has 0 saturated carbocycles. The Bertz CT molecular complexity index is 710. The predicted molar refractivity (Wildman–Crippen MR) is 94.3 cm³/mol. The van der Waals surface area contributed by atoms with Crippen LogP contribution in [0.5, 0.6) is 0 Å². The number of carbonyl (C=O) groups excluding carboxylic acids is 1. The summed E-state index contributed by atoms with van der Waals surface area (Å²) in [5.41, 5.74) is -1.79. The van der Waals surface area contributed by atoms with E-state index >= 15 is 0 Å². The molecule has 142 valence electrons. The van der Waals surface area contributed by atoms with Gasteiger partial charge in [0.15, 0.2) is 5.60 Å². The first kappa shape index (κ1) is 19.6. The molecule has 0 bridgehead atoms. The molecule has 1 saturated heterocycles. The van der Waals surface area contributed by atoms with Crippen LogP contribution in [-0.2, 0) is 4.79 Å². The van der Waals surface area contributed by atoms with Crippen LogP contribution in [-0.4, -0.2) is 52.2 Å². The van der Waals surface area contributed by atoms with Crippen LogP contribution in [0.2, 0.25) is 0 Å². The van der Waals surface area contributed by atoms with E-state index in [0.29, 0.717) is 11.6 Å². The number of carboxylic acid groups (broad SMARTS) is 1. The number of nitro benzene ring substituents is 1. The minimum absolute atomic E-state index is 0.0343.